The Morgan fingerprint density at radius 1 is 1.37 bits per heavy atom. The van der Waals surface area contributed by atoms with Crippen LogP contribution in [-0.4, -0.2) is 42.5 Å². The minimum atomic E-state index is -0.348. The predicted octanol–water partition coefficient (Wildman–Crippen LogP) is 1.00. The van der Waals surface area contributed by atoms with E-state index in [2.05, 4.69) is 11.8 Å². The fraction of sp³-hybridized carbons (Fsp3) is 0.357. The maximum absolute atomic E-state index is 13.5. The van der Waals surface area contributed by atoms with Gasteiger partial charge >= 0.3 is 6.03 Å². The van der Waals surface area contributed by atoms with Gasteiger partial charge in [0.2, 0.25) is 0 Å². The van der Waals surface area contributed by atoms with Crippen molar-refractivity contribution in [3.63, 3.8) is 0 Å². The number of benzene rings is 1. The fourth-order valence-corrected chi connectivity index (χ4v) is 2.04. The summed E-state index contributed by atoms with van der Waals surface area (Å²) in [5.74, 6) is 5.14. The number of rotatable bonds is 2. The standard InChI is InChI=1S/C14H16FN3O/c1-17-5-6-18(14(17)19)10-12-7-11(3-2-4-16)8-13(15)9-12/h7-9H,4-6,10,16H2,1H3. The first-order valence-electron chi connectivity index (χ1n) is 6.08. The summed E-state index contributed by atoms with van der Waals surface area (Å²) in [5, 5.41) is 0. The van der Waals surface area contributed by atoms with E-state index < -0.39 is 0 Å². The molecule has 4 nitrogen and oxygen atoms in total. The molecule has 2 amide bonds. The Morgan fingerprint density at radius 3 is 2.79 bits per heavy atom. The second-order valence-electron chi connectivity index (χ2n) is 4.48. The van der Waals surface area contributed by atoms with Crippen LogP contribution in [0.2, 0.25) is 0 Å². The van der Waals surface area contributed by atoms with Crippen molar-refractivity contribution in [3.8, 4) is 11.8 Å². The van der Waals surface area contributed by atoms with Crippen LogP contribution < -0.4 is 5.73 Å². The fourth-order valence-electron chi connectivity index (χ4n) is 2.04. The summed E-state index contributed by atoms with van der Waals surface area (Å²) in [6.07, 6.45) is 0. The van der Waals surface area contributed by atoms with Crippen LogP contribution >= 0.6 is 0 Å². The molecule has 5 heteroatoms. The molecule has 1 saturated heterocycles. The van der Waals surface area contributed by atoms with Crippen molar-refractivity contribution in [2.75, 3.05) is 26.7 Å². The first-order chi connectivity index (χ1) is 9.10. The number of carbonyl (C=O) groups is 1. The monoisotopic (exact) mass is 261 g/mol. The van der Waals surface area contributed by atoms with Gasteiger partial charge in [-0.1, -0.05) is 11.8 Å². The van der Waals surface area contributed by atoms with Gasteiger partial charge in [0.25, 0.3) is 0 Å². The highest BCUT2D eigenvalue weighted by Crippen LogP contribution is 2.14. The lowest BCUT2D eigenvalue weighted by Gasteiger charge is -2.16. The summed E-state index contributed by atoms with van der Waals surface area (Å²) in [6, 6.07) is 4.56. The van der Waals surface area contributed by atoms with Crippen molar-refractivity contribution in [2.45, 2.75) is 6.54 Å². The van der Waals surface area contributed by atoms with E-state index in [1.54, 1.807) is 22.9 Å². The summed E-state index contributed by atoms with van der Waals surface area (Å²) in [4.78, 5) is 15.1. The van der Waals surface area contributed by atoms with Gasteiger partial charge in [0.15, 0.2) is 0 Å². The van der Waals surface area contributed by atoms with Crippen LogP contribution in [0.25, 0.3) is 0 Å². The van der Waals surface area contributed by atoms with Gasteiger partial charge < -0.3 is 15.5 Å². The molecule has 1 aromatic rings. The zero-order valence-electron chi connectivity index (χ0n) is 10.8. The summed E-state index contributed by atoms with van der Waals surface area (Å²) in [5.41, 5.74) is 6.62. The molecule has 1 aromatic carbocycles. The van der Waals surface area contributed by atoms with E-state index in [0.717, 1.165) is 5.56 Å². The molecule has 1 heterocycles. The summed E-state index contributed by atoms with van der Waals surface area (Å²) < 4.78 is 13.5. The molecule has 0 unspecified atom stereocenters. The smallest absolute Gasteiger partial charge is 0.320 e. The van der Waals surface area contributed by atoms with Crippen LogP contribution in [0.4, 0.5) is 9.18 Å². The zero-order valence-corrected chi connectivity index (χ0v) is 10.8. The lowest BCUT2D eigenvalue weighted by Crippen LogP contribution is -2.29. The number of hydrogen-bond acceptors (Lipinski definition) is 2. The second-order valence-corrected chi connectivity index (χ2v) is 4.48. The zero-order chi connectivity index (χ0) is 13.8. The maximum Gasteiger partial charge on any atom is 0.320 e. The van der Waals surface area contributed by atoms with Gasteiger partial charge in [-0.3, -0.25) is 0 Å². The number of carbonyl (C=O) groups excluding carboxylic acids is 1. The summed E-state index contributed by atoms with van der Waals surface area (Å²) in [7, 11) is 1.76. The van der Waals surface area contributed by atoms with Crippen LogP contribution in [0.1, 0.15) is 11.1 Å². The molecule has 1 aliphatic rings. The molecule has 1 aliphatic heterocycles. The van der Waals surface area contributed by atoms with Crippen LogP contribution in [0, 0.1) is 17.7 Å². The average molecular weight is 261 g/mol. The SMILES string of the molecule is CN1CCN(Cc2cc(F)cc(C#CCN)c2)C1=O. The molecule has 2 N–H and O–H groups in total. The largest absolute Gasteiger partial charge is 0.326 e. The molecule has 0 aliphatic carbocycles. The Hall–Kier alpha value is -2.06. The molecule has 0 aromatic heterocycles. The highest BCUT2D eigenvalue weighted by Gasteiger charge is 2.25. The first kappa shape index (κ1) is 13.4. The highest BCUT2D eigenvalue weighted by atomic mass is 19.1. The van der Waals surface area contributed by atoms with Crippen molar-refractivity contribution in [1.82, 2.24) is 9.80 Å². The summed E-state index contributed by atoms with van der Waals surface area (Å²) in [6.45, 7) is 2.00. The third kappa shape index (κ3) is 3.24. The number of nitrogens with two attached hydrogens (primary N) is 1. The second kappa shape index (κ2) is 5.72. The molecule has 19 heavy (non-hydrogen) atoms. The van der Waals surface area contributed by atoms with Gasteiger partial charge in [-0.2, -0.15) is 0 Å². The van der Waals surface area contributed by atoms with E-state index in [9.17, 15) is 9.18 Å². The Balaban J connectivity index is 2.16. The minimum Gasteiger partial charge on any atom is -0.326 e. The van der Waals surface area contributed by atoms with E-state index in [-0.39, 0.29) is 18.4 Å². The number of urea groups is 1. The lowest BCUT2D eigenvalue weighted by molar-refractivity contribution is 0.197. The van der Waals surface area contributed by atoms with Crippen LogP contribution in [0.15, 0.2) is 18.2 Å². The number of nitrogens with zero attached hydrogens (tertiary/aromatic N) is 2. The quantitative estimate of drug-likeness (QED) is 0.808. The van der Waals surface area contributed by atoms with Crippen LogP contribution in [0.5, 0.6) is 0 Å². The van der Waals surface area contributed by atoms with Crippen molar-refractivity contribution in [2.24, 2.45) is 5.73 Å². The molecule has 1 fully saturated rings. The minimum absolute atomic E-state index is 0.0288. The molecule has 0 atom stereocenters. The molecule has 0 radical (unpaired) electrons. The lowest BCUT2D eigenvalue weighted by atomic mass is 10.1. The first-order valence-corrected chi connectivity index (χ1v) is 6.08. The number of hydrogen-bond donors (Lipinski definition) is 1. The molecule has 2 rings (SSSR count). The average Bonchev–Trinajstić information content (AvgIpc) is 2.68. The van der Waals surface area contributed by atoms with Gasteiger partial charge in [-0.15, -0.1) is 0 Å². The Labute approximate surface area is 112 Å². The van der Waals surface area contributed by atoms with Gasteiger partial charge in [0.05, 0.1) is 6.54 Å². The molecule has 0 saturated carbocycles. The maximum atomic E-state index is 13.5. The topological polar surface area (TPSA) is 49.6 Å². The Morgan fingerprint density at radius 2 is 2.16 bits per heavy atom. The third-order valence-electron chi connectivity index (χ3n) is 2.97. The predicted molar refractivity (Wildman–Crippen MR) is 70.8 cm³/mol. The Kier molecular flexibility index (Phi) is 4.03. The van der Waals surface area contributed by atoms with E-state index >= 15 is 0 Å². The molecular formula is C14H16FN3O. The van der Waals surface area contributed by atoms with E-state index in [1.165, 1.54) is 12.1 Å². The molecule has 0 spiro atoms. The van der Waals surface area contributed by atoms with E-state index in [1.807, 2.05) is 0 Å². The molecule has 100 valence electrons. The molecule has 0 bridgehead atoms. The van der Waals surface area contributed by atoms with Crippen molar-refractivity contribution < 1.29 is 9.18 Å². The van der Waals surface area contributed by atoms with Crippen molar-refractivity contribution in [1.29, 1.82) is 0 Å². The third-order valence-corrected chi connectivity index (χ3v) is 2.97. The number of halogens is 1. The van der Waals surface area contributed by atoms with E-state index in [4.69, 9.17) is 5.73 Å². The van der Waals surface area contributed by atoms with Crippen molar-refractivity contribution in [3.05, 3.63) is 35.1 Å². The number of likely N-dealkylation sites (N-methyl/N-ethyl adjacent to an activating group) is 1. The van der Waals surface area contributed by atoms with Crippen LogP contribution in [-0.2, 0) is 6.54 Å². The van der Waals surface area contributed by atoms with Gasteiger partial charge in [0, 0.05) is 32.2 Å². The Bertz CT molecular complexity index is 547. The highest BCUT2D eigenvalue weighted by molar-refractivity contribution is 5.76. The summed E-state index contributed by atoms with van der Waals surface area (Å²) >= 11 is 0. The van der Waals surface area contributed by atoms with Gasteiger partial charge in [-0.25, -0.2) is 9.18 Å². The molecular weight excluding hydrogens is 245 g/mol. The van der Waals surface area contributed by atoms with E-state index in [0.29, 0.717) is 25.2 Å². The van der Waals surface area contributed by atoms with Gasteiger partial charge in [-0.05, 0) is 23.8 Å². The normalized spacial score (nSPS) is 14.6. The van der Waals surface area contributed by atoms with Crippen LogP contribution in [0.3, 0.4) is 0 Å². The van der Waals surface area contributed by atoms with Crippen molar-refractivity contribution >= 4 is 6.03 Å². The number of amides is 2. The van der Waals surface area contributed by atoms with Gasteiger partial charge in [0.1, 0.15) is 5.82 Å².